The first-order valence-corrected chi connectivity index (χ1v) is 12.8. The maximum absolute atomic E-state index is 13.7. The molecule has 0 fully saturated rings. The molecule has 14 heteroatoms. The number of amidine groups is 1. The smallest absolute Gasteiger partial charge is 0.355 e. The zero-order valence-corrected chi connectivity index (χ0v) is 22.4. The minimum atomic E-state index is -4.55. The summed E-state index contributed by atoms with van der Waals surface area (Å²) in [4.78, 5) is 16.8. The second-order valence-corrected chi connectivity index (χ2v) is 10.0. The van der Waals surface area contributed by atoms with E-state index < -0.39 is 30.1 Å². The average Bonchev–Trinajstić information content (AvgIpc) is 3.10. The fourth-order valence-corrected chi connectivity index (χ4v) is 4.73. The van der Waals surface area contributed by atoms with Crippen molar-refractivity contribution in [3.05, 3.63) is 59.1 Å². The molecule has 0 aliphatic carbocycles. The van der Waals surface area contributed by atoms with Crippen LogP contribution in [0.4, 0.5) is 38.0 Å². The SMILES string of the molecule is CNC1(CCN(C)C)N=C(Nc2ccc(CC(F)(F)F)cn2)C2=C(CCN(c3ncccc3C(F)(F)F)CC2)N1. The highest BCUT2D eigenvalue weighted by Gasteiger charge is 2.39. The molecule has 0 amide bonds. The molecular weight excluding hydrogens is 538 g/mol. The number of hydrogen-bond donors (Lipinski definition) is 3. The van der Waals surface area contributed by atoms with Gasteiger partial charge in [0.15, 0.2) is 5.79 Å². The third-order valence-electron chi connectivity index (χ3n) is 6.78. The van der Waals surface area contributed by atoms with E-state index >= 15 is 0 Å². The number of nitrogens with one attached hydrogen (secondary N) is 3. The average molecular weight is 571 g/mol. The molecule has 0 aromatic carbocycles. The lowest BCUT2D eigenvalue weighted by atomic mass is 10.0. The monoisotopic (exact) mass is 570 g/mol. The van der Waals surface area contributed by atoms with Gasteiger partial charge in [-0.3, -0.25) is 5.32 Å². The zero-order valence-electron chi connectivity index (χ0n) is 22.4. The fraction of sp³-hybridized carbons (Fsp3) is 0.500. The molecule has 2 aromatic rings. The zero-order chi connectivity index (χ0) is 29.1. The number of pyridine rings is 2. The first kappa shape index (κ1) is 29.6. The van der Waals surface area contributed by atoms with Crippen LogP contribution in [-0.4, -0.2) is 73.4 Å². The van der Waals surface area contributed by atoms with E-state index in [0.717, 1.165) is 17.3 Å². The predicted molar refractivity (Wildman–Crippen MR) is 141 cm³/mol. The van der Waals surface area contributed by atoms with E-state index in [-0.39, 0.29) is 24.5 Å². The van der Waals surface area contributed by atoms with Crippen molar-refractivity contribution >= 4 is 17.5 Å². The topological polar surface area (TPSA) is 80.7 Å². The van der Waals surface area contributed by atoms with Gasteiger partial charge in [0.25, 0.3) is 0 Å². The van der Waals surface area contributed by atoms with Crippen LogP contribution in [-0.2, 0) is 12.6 Å². The minimum Gasteiger partial charge on any atom is -0.355 e. The lowest BCUT2D eigenvalue weighted by Gasteiger charge is -2.38. The normalized spacial score (nSPS) is 20.1. The summed E-state index contributed by atoms with van der Waals surface area (Å²) in [7, 11) is 5.62. The van der Waals surface area contributed by atoms with Crippen LogP contribution < -0.4 is 20.9 Å². The second kappa shape index (κ2) is 11.6. The van der Waals surface area contributed by atoms with Gasteiger partial charge in [-0.1, -0.05) is 6.07 Å². The summed E-state index contributed by atoms with van der Waals surface area (Å²) in [6.45, 7) is 1.22. The first-order chi connectivity index (χ1) is 18.8. The Morgan fingerprint density at radius 3 is 2.42 bits per heavy atom. The van der Waals surface area contributed by atoms with E-state index in [1.165, 1.54) is 30.6 Å². The Kier molecular flexibility index (Phi) is 8.59. The van der Waals surface area contributed by atoms with E-state index in [4.69, 9.17) is 4.99 Å². The second-order valence-electron chi connectivity index (χ2n) is 10.0. The Morgan fingerprint density at radius 2 is 1.80 bits per heavy atom. The van der Waals surface area contributed by atoms with Gasteiger partial charge in [0, 0.05) is 56.1 Å². The summed E-state index contributed by atoms with van der Waals surface area (Å²) in [6, 6.07) is 5.10. The van der Waals surface area contributed by atoms with Gasteiger partial charge in [0.2, 0.25) is 0 Å². The molecular formula is C26H32F6N8. The molecule has 0 spiro atoms. The Morgan fingerprint density at radius 1 is 1.05 bits per heavy atom. The molecule has 2 aromatic heterocycles. The number of halogens is 6. The number of nitrogens with zero attached hydrogens (tertiary/aromatic N) is 5. The number of aromatic nitrogens is 2. The summed E-state index contributed by atoms with van der Waals surface area (Å²) >= 11 is 0. The molecule has 4 heterocycles. The highest BCUT2D eigenvalue weighted by Crippen LogP contribution is 2.37. The molecule has 0 bridgehead atoms. The number of hydrogen-bond acceptors (Lipinski definition) is 8. The standard InChI is InChI=1S/C26H32F6N8/c1-33-25(10-14-39(2)3)37-20-9-13-40(23-19(26(30,31)32)5-4-11-34-23)12-8-18(20)22(38-25)36-21-7-6-17(16-35-21)15-24(27,28)29/h4-7,11,16,33,37H,8-10,12-15H2,1-3H3,(H,35,36,38). The fourth-order valence-electron chi connectivity index (χ4n) is 4.73. The van der Waals surface area contributed by atoms with Gasteiger partial charge in [-0.25, -0.2) is 15.0 Å². The Balaban J connectivity index is 1.63. The van der Waals surface area contributed by atoms with Crippen molar-refractivity contribution in [2.75, 3.05) is 51.0 Å². The van der Waals surface area contributed by atoms with Crippen LogP contribution in [0.5, 0.6) is 0 Å². The predicted octanol–water partition coefficient (Wildman–Crippen LogP) is 4.39. The van der Waals surface area contributed by atoms with Gasteiger partial charge in [0.1, 0.15) is 17.5 Å². The number of anilines is 2. The van der Waals surface area contributed by atoms with Gasteiger partial charge in [0.05, 0.1) is 12.0 Å². The number of rotatable bonds is 7. The van der Waals surface area contributed by atoms with Gasteiger partial charge < -0.3 is 20.4 Å². The van der Waals surface area contributed by atoms with E-state index in [2.05, 4.69) is 25.9 Å². The third-order valence-corrected chi connectivity index (χ3v) is 6.78. The van der Waals surface area contributed by atoms with Gasteiger partial charge in [-0.15, -0.1) is 0 Å². The van der Waals surface area contributed by atoms with Gasteiger partial charge in [-0.05, 0) is 51.3 Å². The van der Waals surface area contributed by atoms with Crippen molar-refractivity contribution in [3.8, 4) is 0 Å². The largest absolute Gasteiger partial charge is 0.419 e. The van der Waals surface area contributed by atoms with Gasteiger partial charge >= 0.3 is 12.4 Å². The molecule has 0 saturated heterocycles. The molecule has 0 saturated carbocycles. The van der Waals surface area contributed by atoms with Crippen molar-refractivity contribution < 1.29 is 26.3 Å². The van der Waals surface area contributed by atoms with Crippen molar-refractivity contribution in [3.63, 3.8) is 0 Å². The molecule has 1 unspecified atom stereocenters. The molecule has 8 nitrogen and oxygen atoms in total. The minimum absolute atomic E-state index is 0.0293. The van der Waals surface area contributed by atoms with Crippen molar-refractivity contribution in [1.82, 2.24) is 25.5 Å². The molecule has 218 valence electrons. The highest BCUT2D eigenvalue weighted by atomic mass is 19.4. The summed E-state index contributed by atoms with van der Waals surface area (Å²) in [5, 5.41) is 9.87. The van der Waals surface area contributed by atoms with E-state index in [1.54, 1.807) is 11.9 Å². The Hall–Kier alpha value is -3.39. The van der Waals surface area contributed by atoms with E-state index in [9.17, 15) is 26.3 Å². The molecule has 4 rings (SSSR count). The van der Waals surface area contributed by atoms with Crippen molar-refractivity contribution in [2.24, 2.45) is 4.99 Å². The van der Waals surface area contributed by atoms with E-state index in [0.29, 0.717) is 37.5 Å². The van der Waals surface area contributed by atoms with Crippen LogP contribution in [0, 0.1) is 0 Å². The highest BCUT2D eigenvalue weighted by molar-refractivity contribution is 6.08. The molecule has 1 atom stereocenters. The summed E-state index contributed by atoms with van der Waals surface area (Å²) in [6.07, 6.45) is -6.17. The van der Waals surface area contributed by atoms with Crippen LogP contribution in [0.25, 0.3) is 0 Å². The Labute approximate surface area is 228 Å². The van der Waals surface area contributed by atoms with Crippen molar-refractivity contribution in [2.45, 2.75) is 43.8 Å². The van der Waals surface area contributed by atoms with E-state index in [1.807, 2.05) is 19.0 Å². The molecule has 3 N–H and O–H groups in total. The van der Waals surface area contributed by atoms with Crippen LogP contribution in [0.3, 0.4) is 0 Å². The summed E-state index contributed by atoms with van der Waals surface area (Å²) in [5.74, 6) is -0.285. The number of aliphatic imine (C=N–C) groups is 1. The molecule has 0 radical (unpaired) electrons. The number of alkyl halides is 6. The lowest BCUT2D eigenvalue weighted by molar-refractivity contribution is -0.137. The van der Waals surface area contributed by atoms with Gasteiger partial charge in [-0.2, -0.15) is 26.3 Å². The van der Waals surface area contributed by atoms with Crippen molar-refractivity contribution in [1.29, 1.82) is 0 Å². The van der Waals surface area contributed by atoms with Crippen LogP contribution in [0.1, 0.15) is 30.4 Å². The maximum atomic E-state index is 13.7. The van der Waals surface area contributed by atoms with Crippen LogP contribution >= 0.6 is 0 Å². The molecule has 40 heavy (non-hydrogen) atoms. The third kappa shape index (κ3) is 7.22. The molecule has 2 aliphatic rings. The summed E-state index contributed by atoms with van der Waals surface area (Å²) in [5.41, 5.74) is 0.811. The molecule has 2 aliphatic heterocycles. The lowest BCUT2D eigenvalue weighted by Crippen LogP contribution is -2.58. The van der Waals surface area contributed by atoms with Crippen LogP contribution in [0.2, 0.25) is 0 Å². The summed E-state index contributed by atoms with van der Waals surface area (Å²) < 4.78 is 79.5. The quantitative estimate of drug-likeness (QED) is 0.426. The first-order valence-electron chi connectivity index (χ1n) is 12.8. The van der Waals surface area contributed by atoms with Crippen LogP contribution in [0.15, 0.2) is 52.9 Å². The maximum Gasteiger partial charge on any atom is 0.419 e. The Bertz CT molecular complexity index is 1240.